The van der Waals surface area contributed by atoms with E-state index in [1.165, 1.54) is 0 Å². The second-order valence-electron chi connectivity index (χ2n) is 18.3. The summed E-state index contributed by atoms with van der Waals surface area (Å²) in [6.45, 7) is 4.11. The van der Waals surface area contributed by atoms with Gasteiger partial charge in [-0.3, -0.25) is 23.4 Å². The molecule has 12 heteroatoms. The van der Waals surface area contributed by atoms with Crippen LogP contribution in [-0.2, 0) is 42.2 Å². The minimum atomic E-state index is -4.80. The fraction of sp³-hybridized carbons (Fsp3) is 0.530. The van der Waals surface area contributed by atoms with Gasteiger partial charge in [0.25, 0.3) is 0 Å². The highest BCUT2D eigenvalue weighted by molar-refractivity contribution is 7.47. The highest BCUT2D eigenvalue weighted by Gasteiger charge is 2.28. The molecule has 0 fully saturated rings. The standard InChI is InChI=1S/C66H101O11P/c1-4-7-10-13-16-19-22-25-28-30-31-33-35-37-40-43-46-49-52-55-64(68)73-59-63(77-66(70)57-54-51-48-45-42-39-36-32-29-26-23-20-17-14-11-8-5-2)61-75-78(71,72)74-60-62(58-67)76-65(69)56-53-50-47-44-41-38-34-27-24-21-18-15-12-9-6-3/h7-12,16-21,25-29,31,33-34,36-37,39-41,44,46,49,62-63,67H,4-6,13-15,22-24,30,32,35,38,42-43,45,47-48,50-61H2,1-3H3,(H,71,72)/b10-7-,11-8-,12-9-,19-16-,20-17-,21-18-,28-25-,29-26-,33-31-,34-27-,39-36-,40-37-,44-41-,49-46-. The quantitative estimate of drug-likeness (QED) is 0.0197. The molecule has 0 spiro atoms. The first kappa shape index (κ1) is 72.8. The lowest BCUT2D eigenvalue weighted by Crippen LogP contribution is -2.30. The van der Waals surface area contributed by atoms with Gasteiger partial charge in [0.05, 0.1) is 19.8 Å². The molecule has 0 aliphatic carbocycles. The number of hydrogen-bond acceptors (Lipinski definition) is 10. The van der Waals surface area contributed by atoms with E-state index in [-0.39, 0.29) is 19.3 Å². The molecule has 0 amide bonds. The number of esters is 3. The van der Waals surface area contributed by atoms with Crippen LogP contribution in [0.5, 0.6) is 0 Å². The molecule has 0 radical (unpaired) electrons. The Morgan fingerprint density at radius 3 is 1.03 bits per heavy atom. The summed E-state index contributed by atoms with van der Waals surface area (Å²) in [6.07, 6.45) is 77.6. The number of allylic oxidation sites excluding steroid dienone is 28. The summed E-state index contributed by atoms with van der Waals surface area (Å²) in [5, 5.41) is 9.81. The van der Waals surface area contributed by atoms with Gasteiger partial charge in [-0.1, -0.05) is 204 Å². The zero-order valence-electron chi connectivity index (χ0n) is 48.0. The van der Waals surface area contributed by atoms with Crippen molar-refractivity contribution in [1.82, 2.24) is 0 Å². The monoisotopic (exact) mass is 1100 g/mol. The van der Waals surface area contributed by atoms with Crippen LogP contribution >= 0.6 is 7.82 Å². The molecule has 0 aromatic heterocycles. The number of ether oxygens (including phenoxy) is 3. The number of aliphatic hydroxyl groups is 1. The molecular weight excluding hydrogens is 1000 g/mol. The number of hydrogen-bond donors (Lipinski definition) is 2. The number of phosphoric acid groups is 1. The number of phosphoric ester groups is 1. The average molecular weight is 1100 g/mol. The molecule has 11 nitrogen and oxygen atoms in total. The molecule has 0 rings (SSSR count). The van der Waals surface area contributed by atoms with Crippen LogP contribution in [0.1, 0.15) is 188 Å². The van der Waals surface area contributed by atoms with Crippen LogP contribution in [0.25, 0.3) is 0 Å². The highest BCUT2D eigenvalue weighted by Crippen LogP contribution is 2.43. The van der Waals surface area contributed by atoms with Gasteiger partial charge in [-0.15, -0.1) is 0 Å². The molecule has 0 saturated carbocycles. The van der Waals surface area contributed by atoms with E-state index in [0.29, 0.717) is 19.3 Å². The molecule has 78 heavy (non-hydrogen) atoms. The first-order valence-corrected chi connectivity index (χ1v) is 30.5. The van der Waals surface area contributed by atoms with E-state index in [1.54, 1.807) is 0 Å². The third-order valence-corrected chi connectivity index (χ3v) is 12.1. The zero-order valence-corrected chi connectivity index (χ0v) is 48.9. The van der Waals surface area contributed by atoms with Gasteiger partial charge in [0, 0.05) is 19.3 Å². The molecular formula is C66H101O11P. The minimum absolute atomic E-state index is 0.0821. The first-order chi connectivity index (χ1) is 38.2. The molecule has 3 atom stereocenters. The lowest BCUT2D eigenvalue weighted by atomic mass is 10.1. The maximum Gasteiger partial charge on any atom is 0.472 e. The van der Waals surface area contributed by atoms with Crippen molar-refractivity contribution in [2.45, 2.75) is 200 Å². The maximum atomic E-state index is 12.9. The van der Waals surface area contributed by atoms with Gasteiger partial charge in [0.2, 0.25) is 0 Å². The predicted molar refractivity (Wildman–Crippen MR) is 325 cm³/mol. The largest absolute Gasteiger partial charge is 0.472 e. The Labute approximate surface area is 472 Å². The third-order valence-electron chi connectivity index (χ3n) is 11.1. The first-order valence-electron chi connectivity index (χ1n) is 29.0. The minimum Gasteiger partial charge on any atom is -0.462 e. The van der Waals surface area contributed by atoms with Gasteiger partial charge in [-0.2, -0.15) is 0 Å². The molecule has 0 aromatic carbocycles. The van der Waals surface area contributed by atoms with Crippen LogP contribution in [-0.4, -0.2) is 66.5 Å². The van der Waals surface area contributed by atoms with E-state index in [1.807, 2.05) is 12.2 Å². The third kappa shape index (κ3) is 55.6. The second-order valence-corrected chi connectivity index (χ2v) is 19.8. The van der Waals surface area contributed by atoms with Gasteiger partial charge in [0.1, 0.15) is 12.7 Å². The SMILES string of the molecule is CC/C=C\C/C=C\C/C=C\C/C=C\C/C=C\C/C=C\CCC(=O)OCC(COP(=O)(O)OCC(CO)OC(=O)CCCC/C=C\C/C=C\C/C=C\C/C=C\CC)OC(=O)CCCCCC/C=C\C/C=C\C/C=C\C/C=C\CC. The van der Waals surface area contributed by atoms with Gasteiger partial charge < -0.3 is 24.2 Å². The van der Waals surface area contributed by atoms with E-state index < -0.39 is 64.4 Å². The number of carbonyl (C=O) groups excluding carboxylic acids is 3. The van der Waals surface area contributed by atoms with Crippen molar-refractivity contribution in [3.8, 4) is 0 Å². The summed E-state index contributed by atoms with van der Waals surface area (Å²) in [5.41, 5.74) is 0. The van der Waals surface area contributed by atoms with Crippen molar-refractivity contribution in [3.05, 3.63) is 170 Å². The number of rotatable bonds is 51. The predicted octanol–water partition coefficient (Wildman–Crippen LogP) is 17.5. The Hall–Kier alpha value is -5.16. The van der Waals surface area contributed by atoms with Crippen molar-refractivity contribution in [1.29, 1.82) is 0 Å². The van der Waals surface area contributed by atoms with Crippen LogP contribution in [0.3, 0.4) is 0 Å². The van der Waals surface area contributed by atoms with Crippen LogP contribution in [0, 0.1) is 0 Å². The van der Waals surface area contributed by atoms with Crippen molar-refractivity contribution in [2.24, 2.45) is 0 Å². The fourth-order valence-corrected chi connectivity index (χ4v) is 7.62. The smallest absolute Gasteiger partial charge is 0.462 e. The lowest BCUT2D eigenvalue weighted by molar-refractivity contribution is -0.161. The molecule has 0 saturated heterocycles. The Bertz CT molecular complexity index is 1960. The van der Waals surface area contributed by atoms with Crippen molar-refractivity contribution in [2.75, 3.05) is 26.4 Å². The number of aliphatic hydroxyl groups excluding tert-OH is 1. The van der Waals surface area contributed by atoms with Crippen LogP contribution in [0.4, 0.5) is 0 Å². The summed E-state index contributed by atoms with van der Waals surface area (Å²) in [6, 6.07) is 0. The van der Waals surface area contributed by atoms with Crippen molar-refractivity contribution in [3.63, 3.8) is 0 Å². The van der Waals surface area contributed by atoms with Crippen LogP contribution in [0.2, 0.25) is 0 Å². The fourth-order valence-electron chi connectivity index (χ4n) is 6.83. The summed E-state index contributed by atoms with van der Waals surface area (Å²) in [7, 11) is -4.80. The van der Waals surface area contributed by atoms with E-state index in [0.717, 1.165) is 128 Å². The summed E-state index contributed by atoms with van der Waals surface area (Å²) >= 11 is 0. The van der Waals surface area contributed by atoms with Gasteiger partial charge in [-0.25, -0.2) is 4.57 Å². The Morgan fingerprint density at radius 2 is 0.654 bits per heavy atom. The molecule has 2 N–H and O–H groups in total. The number of unbranched alkanes of at least 4 members (excludes halogenated alkanes) is 6. The molecule has 0 heterocycles. The Kier molecular flexibility index (Phi) is 54.2. The summed E-state index contributed by atoms with van der Waals surface area (Å²) in [5.74, 6) is -1.66. The number of carbonyl (C=O) groups is 3. The Morgan fingerprint density at radius 1 is 0.359 bits per heavy atom. The molecule has 0 bridgehead atoms. The molecule has 0 aliphatic rings. The average Bonchev–Trinajstić information content (AvgIpc) is 3.43. The van der Waals surface area contributed by atoms with E-state index >= 15 is 0 Å². The topological polar surface area (TPSA) is 155 Å². The normalized spacial score (nSPS) is 14.6. The van der Waals surface area contributed by atoms with Gasteiger partial charge in [-0.05, 0) is 135 Å². The van der Waals surface area contributed by atoms with Gasteiger partial charge in [0.15, 0.2) is 6.10 Å². The van der Waals surface area contributed by atoms with Crippen LogP contribution in [0.15, 0.2) is 170 Å². The summed E-state index contributed by atoms with van der Waals surface area (Å²) in [4.78, 5) is 48.6. The zero-order chi connectivity index (χ0) is 56.9. The van der Waals surface area contributed by atoms with Crippen LogP contribution < -0.4 is 0 Å². The molecule has 3 unspecified atom stereocenters. The molecule has 436 valence electrons. The highest BCUT2D eigenvalue weighted by atomic mass is 31.2. The molecule has 0 aromatic rings. The van der Waals surface area contributed by atoms with Crippen molar-refractivity contribution < 1.29 is 52.2 Å². The molecule has 0 aliphatic heterocycles. The van der Waals surface area contributed by atoms with E-state index in [2.05, 4.69) is 179 Å². The Balaban J connectivity index is 4.95. The summed E-state index contributed by atoms with van der Waals surface area (Å²) < 4.78 is 39.4. The lowest BCUT2D eigenvalue weighted by Gasteiger charge is -2.21. The van der Waals surface area contributed by atoms with E-state index in [9.17, 15) is 28.9 Å². The van der Waals surface area contributed by atoms with E-state index in [4.69, 9.17) is 23.3 Å². The van der Waals surface area contributed by atoms with Gasteiger partial charge >= 0.3 is 25.7 Å². The second kappa shape index (κ2) is 58.0. The maximum absolute atomic E-state index is 12.9. The van der Waals surface area contributed by atoms with Crippen molar-refractivity contribution >= 4 is 25.7 Å².